The average Bonchev–Trinajstić information content (AvgIpc) is 3.48. The fraction of sp³-hybridized carbons (Fsp3) is 0.167. The topological polar surface area (TPSA) is 93.2 Å². The lowest BCUT2D eigenvalue weighted by Crippen LogP contribution is -2.14. The summed E-state index contributed by atoms with van der Waals surface area (Å²) in [6.45, 7) is 2.65. The van der Waals surface area contributed by atoms with Crippen molar-refractivity contribution in [2.75, 3.05) is 10.6 Å². The molecule has 0 saturated carbocycles. The molecule has 0 bridgehead atoms. The summed E-state index contributed by atoms with van der Waals surface area (Å²) in [4.78, 5) is 33.2. The van der Waals surface area contributed by atoms with Gasteiger partial charge in [-0.25, -0.2) is 14.8 Å². The number of anilines is 2. The average molecular weight is 479 g/mol. The highest BCUT2D eigenvalue weighted by atomic mass is 32.1. The molecule has 0 saturated heterocycles. The number of aromatic nitrogens is 2. The van der Waals surface area contributed by atoms with Gasteiger partial charge in [0.1, 0.15) is 11.6 Å². The molecule has 0 aliphatic rings. The highest BCUT2D eigenvalue weighted by Crippen LogP contribution is 2.18. The summed E-state index contributed by atoms with van der Waals surface area (Å²) in [6, 6.07) is 17.6. The van der Waals surface area contributed by atoms with Gasteiger partial charge in [0.25, 0.3) is 0 Å². The van der Waals surface area contributed by atoms with E-state index in [4.69, 9.17) is 4.74 Å². The van der Waals surface area contributed by atoms with Crippen molar-refractivity contribution in [2.45, 2.75) is 26.5 Å². The van der Waals surface area contributed by atoms with Crippen molar-refractivity contribution in [1.82, 2.24) is 9.97 Å². The van der Waals surface area contributed by atoms with Crippen molar-refractivity contribution < 1.29 is 14.3 Å². The number of nitrogens with zero attached hydrogens (tertiary/aromatic N) is 2. The number of thiazole rings is 2. The molecule has 0 radical (unpaired) electrons. The van der Waals surface area contributed by atoms with Crippen molar-refractivity contribution >= 4 is 45.4 Å². The van der Waals surface area contributed by atoms with Gasteiger partial charge in [0.15, 0.2) is 10.8 Å². The predicted octanol–water partition coefficient (Wildman–Crippen LogP) is 5.06. The number of rotatable bonds is 9. The van der Waals surface area contributed by atoms with E-state index in [0.717, 1.165) is 16.8 Å². The summed E-state index contributed by atoms with van der Waals surface area (Å²) in [5.74, 6) is -0.652. The second-order valence-corrected chi connectivity index (χ2v) is 9.08. The first-order valence-corrected chi connectivity index (χ1v) is 12.0. The van der Waals surface area contributed by atoms with E-state index in [9.17, 15) is 9.59 Å². The Balaban J connectivity index is 1.23. The van der Waals surface area contributed by atoms with Crippen molar-refractivity contribution in [2.24, 2.45) is 0 Å². The molecule has 33 heavy (non-hydrogen) atoms. The highest BCUT2D eigenvalue weighted by molar-refractivity contribution is 7.13. The molecule has 9 heteroatoms. The molecule has 7 nitrogen and oxygen atoms in total. The number of nitrogens with one attached hydrogen (secondary N) is 2. The Morgan fingerprint density at radius 2 is 1.76 bits per heavy atom. The van der Waals surface area contributed by atoms with Crippen LogP contribution in [0, 0.1) is 6.92 Å². The summed E-state index contributed by atoms with van der Waals surface area (Å²) in [5.41, 5.74) is 3.86. The van der Waals surface area contributed by atoms with E-state index in [-0.39, 0.29) is 24.6 Å². The van der Waals surface area contributed by atoms with Gasteiger partial charge in [0, 0.05) is 23.0 Å². The van der Waals surface area contributed by atoms with Crippen LogP contribution >= 0.6 is 22.7 Å². The summed E-state index contributed by atoms with van der Waals surface area (Å²) >= 11 is 2.71. The van der Waals surface area contributed by atoms with E-state index in [2.05, 4.69) is 20.6 Å². The minimum atomic E-state index is -0.509. The molecule has 0 fully saturated rings. The third-order valence-electron chi connectivity index (χ3n) is 4.60. The molecule has 2 N–H and O–H groups in total. The van der Waals surface area contributed by atoms with Crippen LogP contribution in [0.5, 0.6) is 0 Å². The Morgan fingerprint density at radius 1 is 0.970 bits per heavy atom. The lowest BCUT2D eigenvalue weighted by Gasteiger charge is -2.04. The Bertz CT molecular complexity index is 1220. The molecule has 0 unspecified atom stereocenters. The minimum Gasteiger partial charge on any atom is -0.454 e. The summed E-state index contributed by atoms with van der Waals surface area (Å²) < 4.78 is 5.34. The smallest absolute Gasteiger partial charge is 0.358 e. The van der Waals surface area contributed by atoms with E-state index in [1.807, 2.05) is 61.5 Å². The summed E-state index contributed by atoms with van der Waals surface area (Å²) in [7, 11) is 0. The molecule has 168 valence electrons. The quantitative estimate of drug-likeness (QED) is 0.327. The maximum Gasteiger partial charge on any atom is 0.358 e. The fourth-order valence-electron chi connectivity index (χ4n) is 2.91. The van der Waals surface area contributed by atoms with Crippen molar-refractivity contribution in [3.8, 4) is 0 Å². The van der Waals surface area contributed by atoms with Crippen LogP contribution in [0.3, 0.4) is 0 Å². The molecule has 4 aromatic rings. The predicted molar refractivity (Wildman–Crippen MR) is 131 cm³/mol. The molecule has 2 heterocycles. The van der Waals surface area contributed by atoms with E-state index >= 15 is 0 Å². The molecule has 2 aromatic heterocycles. The third kappa shape index (κ3) is 6.71. The van der Waals surface area contributed by atoms with Crippen LogP contribution in [-0.2, 0) is 29.1 Å². The number of carbonyl (C=O) groups excluding carboxylic acids is 2. The largest absolute Gasteiger partial charge is 0.454 e. The standard InChI is InChI=1S/C24H22N4O3S2/c1-16-7-9-18(10-8-16)26-21(29)11-22-27-19(14-32-22)13-31-23(30)20-15-33-24(28-20)25-12-17-5-3-2-4-6-17/h2-10,14-15H,11-13H2,1H3,(H,25,28)(H,26,29). The second kappa shape index (κ2) is 10.8. The minimum absolute atomic E-state index is 0.0270. The first-order chi connectivity index (χ1) is 16.0. The fourth-order valence-corrected chi connectivity index (χ4v) is 4.37. The van der Waals surface area contributed by atoms with Gasteiger partial charge >= 0.3 is 5.97 Å². The SMILES string of the molecule is Cc1ccc(NC(=O)Cc2nc(COC(=O)c3csc(NCc4ccccc4)n3)cs2)cc1. The van der Waals surface area contributed by atoms with Crippen LogP contribution in [0.15, 0.2) is 65.4 Å². The molecular formula is C24H22N4O3S2. The summed E-state index contributed by atoms with van der Waals surface area (Å²) in [6.07, 6.45) is 0.162. The normalized spacial score (nSPS) is 10.6. The van der Waals surface area contributed by atoms with Crippen molar-refractivity contribution in [3.63, 3.8) is 0 Å². The molecular weight excluding hydrogens is 456 g/mol. The van der Waals surface area contributed by atoms with Crippen molar-refractivity contribution in [1.29, 1.82) is 0 Å². The Hall–Kier alpha value is -3.56. The zero-order chi connectivity index (χ0) is 23.0. The first-order valence-electron chi connectivity index (χ1n) is 10.3. The number of esters is 1. The van der Waals surface area contributed by atoms with Crippen LogP contribution in [-0.4, -0.2) is 21.8 Å². The molecule has 0 aliphatic carbocycles. The monoisotopic (exact) mass is 478 g/mol. The van der Waals surface area contributed by atoms with E-state index in [1.165, 1.54) is 22.7 Å². The van der Waals surface area contributed by atoms with Gasteiger partial charge in [0.2, 0.25) is 5.91 Å². The molecule has 0 atom stereocenters. The second-order valence-electron chi connectivity index (χ2n) is 7.28. The van der Waals surface area contributed by atoms with Gasteiger partial charge in [-0.05, 0) is 24.6 Å². The molecule has 2 aromatic carbocycles. The molecule has 0 spiro atoms. The number of benzene rings is 2. The van der Waals surface area contributed by atoms with Crippen LogP contribution in [0.25, 0.3) is 0 Å². The van der Waals surface area contributed by atoms with Gasteiger partial charge in [-0.3, -0.25) is 4.79 Å². The van der Waals surface area contributed by atoms with Gasteiger partial charge in [-0.15, -0.1) is 22.7 Å². The number of amides is 1. The van der Waals surface area contributed by atoms with Gasteiger partial charge in [-0.2, -0.15) is 0 Å². The van der Waals surface area contributed by atoms with Gasteiger partial charge in [0.05, 0.1) is 12.1 Å². The first kappa shape index (κ1) is 22.6. The lowest BCUT2D eigenvalue weighted by molar-refractivity contribution is -0.115. The number of aryl methyl sites for hydroxylation is 1. The summed E-state index contributed by atoms with van der Waals surface area (Å²) in [5, 5.41) is 10.8. The third-order valence-corrected chi connectivity index (χ3v) is 6.30. The Labute approximate surface area is 199 Å². The number of ether oxygens (including phenoxy) is 1. The van der Waals surface area contributed by atoms with Gasteiger partial charge < -0.3 is 15.4 Å². The van der Waals surface area contributed by atoms with Crippen LogP contribution in [0.2, 0.25) is 0 Å². The maximum absolute atomic E-state index is 12.3. The molecule has 4 rings (SSSR count). The van der Waals surface area contributed by atoms with Crippen LogP contribution < -0.4 is 10.6 Å². The number of carbonyl (C=O) groups is 2. The zero-order valence-corrected chi connectivity index (χ0v) is 19.5. The van der Waals surface area contributed by atoms with E-state index < -0.39 is 5.97 Å². The van der Waals surface area contributed by atoms with Gasteiger partial charge in [-0.1, -0.05) is 48.0 Å². The van der Waals surface area contributed by atoms with Crippen LogP contribution in [0.4, 0.5) is 10.8 Å². The van der Waals surface area contributed by atoms with E-state index in [1.54, 1.807) is 10.8 Å². The Morgan fingerprint density at radius 3 is 2.55 bits per heavy atom. The zero-order valence-electron chi connectivity index (χ0n) is 17.9. The van der Waals surface area contributed by atoms with E-state index in [0.29, 0.717) is 22.4 Å². The van der Waals surface area contributed by atoms with Crippen molar-refractivity contribution in [3.05, 3.63) is 92.9 Å². The lowest BCUT2D eigenvalue weighted by atomic mass is 10.2. The number of hydrogen-bond donors (Lipinski definition) is 2. The maximum atomic E-state index is 12.3. The molecule has 0 aliphatic heterocycles. The molecule has 1 amide bonds. The Kier molecular flexibility index (Phi) is 7.43. The van der Waals surface area contributed by atoms with Crippen LogP contribution in [0.1, 0.15) is 32.3 Å². The highest BCUT2D eigenvalue weighted by Gasteiger charge is 2.14. The number of hydrogen-bond acceptors (Lipinski definition) is 8.